The van der Waals surface area contributed by atoms with Gasteiger partial charge in [0.25, 0.3) is 0 Å². The monoisotopic (exact) mass is 235 g/mol. The number of hydrogen-bond donors (Lipinski definition) is 0. The maximum absolute atomic E-state index is 4.95. The zero-order valence-electron chi connectivity index (χ0n) is 7.03. The number of nitrogens with zero attached hydrogens (tertiary/aromatic N) is 1. The minimum atomic E-state index is -0.931. The first kappa shape index (κ1) is 13.7. The molecule has 60 valence electrons. The van der Waals surface area contributed by atoms with Gasteiger partial charge in [0, 0.05) is 0 Å². The summed E-state index contributed by atoms with van der Waals surface area (Å²) in [5, 5.41) is 0. The molecule has 0 aliphatic rings. The number of hydrogen-bond acceptors (Lipinski definition) is 1. The molecule has 0 amide bonds. The second-order valence-corrected chi connectivity index (χ2v) is 6.34. The molecular weight excluding hydrogens is 222 g/mol. The Morgan fingerprint density at radius 3 is 1.20 bits per heavy atom. The summed E-state index contributed by atoms with van der Waals surface area (Å²) >= 11 is -0.931. The van der Waals surface area contributed by atoms with Gasteiger partial charge in [-0.2, -0.15) is 0 Å². The van der Waals surface area contributed by atoms with Crippen LogP contribution < -0.4 is 0 Å². The van der Waals surface area contributed by atoms with Gasteiger partial charge < -0.3 is 4.90 Å². The molecule has 0 unspecified atom stereocenters. The zero-order chi connectivity index (χ0) is 8.41. The molecule has 0 saturated heterocycles. The van der Waals surface area contributed by atoms with Gasteiger partial charge in [0.1, 0.15) is 0 Å². The molecule has 0 aromatic heterocycles. The Morgan fingerprint density at radius 2 is 1.20 bits per heavy atom. The average molecular weight is 237 g/mol. The molecule has 0 rings (SSSR count). The van der Waals surface area contributed by atoms with Crippen LogP contribution in [-0.4, -0.2) is 24.5 Å². The fourth-order valence-electron chi connectivity index (χ4n) is 0.671. The maximum atomic E-state index is 4.95. The molecule has 0 bridgehead atoms. The van der Waals surface area contributed by atoms with E-state index in [-0.39, 0.29) is 0 Å². The van der Waals surface area contributed by atoms with E-state index in [4.69, 9.17) is 19.4 Å². The predicted molar refractivity (Wildman–Crippen MR) is 45.2 cm³/mol. The first-order valence-electron chi connectivity index (χ1n) is 3.60. The van der Waals surface area contributed by atoms with Crippen molar-refractivity contribution in [1.29, 1.82) is 0 Å². The molecule has 4 heteroatoms. The van der Waals surface area contributed by atoms with Gasteiger partial charge in [-0.1, -0.05) is 20.8 Å². The molecule has 0 atom stereocenters. The summed E-state index contributed by atoms with van der Waals surface area (Å²) < 4.78 is 0. The van der Waals surface area contributed by atoms with Crippen LogP contribution in [-0.2, 0) is 15.1 Å². The zero-order valence-corrected chi connectivity index (χ0v) is 11.5. The van der Waals surface area contributed by atoms with E-state index in [0.29, 0.717) is 0 Å². The van der Waals surface area contributed by atoms with Gasteiger partial charge in [-0.15, -0.1) is 0 Å². The predicted octanol–water partition coefficient (Wildman–Crippen LogP) is 2.72. The Balaban J connectivity index is 0. The quantitative estimate of drug-likeness (QED) is 0.682. The van der Waals surface area contributed by atoms with E-state index in [9.17, 15) is 0 Å². The van der Waals surface area contributed by atoms with Crippen molar-refractivity contribution >= 4 is 19.4 Å². The Morgan fingerprint density at radius 1 is 1.00 bits per heavy atom. The minimum absolute atomic E-state index is 0.931. The average Bonchev–Trinajstić information content (AvgIpc) is 1.93. The molecule has 0 aliphatic carbocycles. The molecular formula is C6H15Cl2NZn. The van der Waals surface area contributed by atoms with Crippen molar-refractivity contribution < 1.29 is 15.1 Å². The van der Waals surface area contributed by atoms with Crippen molar-refractivity contribution in [3.05, 3.63) is 0 Å². The first-order valence-corrected chi connectivity index (χ1v) is 11.4. The summed E-state index contributed by atoms with van der Waals surface area (Å²) in [6, 6.07) is 0. The Labute approximate surface area is 79.7 Å². The van der Waals surface area contributed by atoms with Crippen LogP contribution in [0.1, 0.15) is 20.8 Å². The van der Waals surface area contributed by atoms with Crippen LogP contribution in [0.2, 0.25) is 0 Å². The van der Waals surface area contributed by atoms with Crippen LogP contribution in [0, 0.1) is 0 Å². The van der Waals surface area contributed by atoms with E-state index < -0.39 is 15.1 Å². The second kappa shape index (κ2) is 12.8. The molecule has 0 radical (unpaired) electrons. The fourth-order valence-corrected chi connectivity index (χ4v) is 0.671. The van der Waals surface area contributed by atoms with Crippen LogP contribution >= 0.6 is 19.4 Å². The van der Waals surface area contributed by atoms with E-state index in [0.717, 1.165) is 0 Å². The van der Waals surface area contributed by atoms with Crippen molar-refractivity contribution in [2.24, 2.45) is 0 Å². The van der Waals surface area contributed by atoms with Crippen LogP contribution in [0.25, 0.3) is 0 Å². The van der Waals surface area contributed by atoms with Gasteiger partial charge in [-0.05, 0) is 19.6 Å². The molecule has 0 heterocycles. The van der Waals surface area contributed by atoms with Crippen molar-refractivity contribution in [3.8, 4) is 0 Å². The number of rotatable bonds is 3. The van der Waals surface area contributed by atoms with Crippen molar-refractivity contribution in [2.75, 3.05) is 19.6 Å². The van der Waals surface area contributed by atoms with Gasteiger partial charge in [-0.3, -0.25) is 0 Å². The molecule has 0 N–H and O–H groups in total. The normalized spacial score (nSPS) is 8.20. The standard InChI is InChI=1S/C6H15N.2ClH.Zn/c1-4-7(5-2)6-3;;;/h4-6H2,1-3H3;2*1H;/q;;;+2/p-2. The molecule has 1 nitrogen and oxygen atoms in total. The Hall–Kier alpha value is 1.16. The summed E-state index contributed by atoms with van der Waals surface area (Å²) in [4.78, 5) is 2.38. The fraction of sp³-hybridized carbons (Fsp3) is 1.00. The van der Waals surface area contributed by atoms with Crippen LogP contribution in [0.4, 0.5) is 0 Å². The van der Waals surface area contributed by atoms with E-state index in [1.165, 1.54) is 19.6 Å². The molecule has 0 spiro atoms. The van der Waals surface area contributed by atoms with Crippen molar-refractivity contribution in [2.45, 2.75) is 20.8 Å². The van der Waals surface area contributed by atoms with Gasteiger partial charge >= 0.3 is 34.5 Å². The van der Waals surface area contributed by atoms with Gasteiger partial charge in [0.2, 0.25) is 0 Å². The Kier molecular flexibility index (Phi) is 17.6. The van der Waals surface area contributed by atoms with Crippen LogP contribution in [0.15, 0.2) is 0 Å². The number of halogens is 2. The van der Waals surface area contributed by atoms with Gasteiger partial charge in [0.05, 0.1) is 0 Å². The van der Waals surface area contributed by atoms with Gasteiger partial charge in [-0.25, -0.2) is 0 Å². The molecule has 0 fully saturated rings. The summed E-state index contributed by atoms with van der Waals surface area (Å²) in [6.45, 7) is 10.1. The molecule has 0 saturated carbocycles. The topological polar surface area (TPSA) is 3.24 Å². The molecule has 10 heavy (non-hydrogen) atoms. The summed E-state index contributed by atoms with van der Waals surface area (Å²) in [5.74, 6) is 0. The van der Waals surface area contributed by atoms with Crippen LogP contribution in [0.5, 0.6) is 0 Å². The van der Waals surface area contributed by atoms with Crippen LogP contribution in [0.3, 0.4) is 0 Å². The summed E-state index contributed by atoms with van der Waals surface area (Å²) in [6.07, 6.45) is 0. The third-order valence-electron chi connectivity index (χ3n) is 1.34. The van der Waals surface area contributed by atoms with Crippen molar-refractivity contribution in [3.63, 3.8) is 0 Å². The van der Waals surface area contributed by atoms with E-state index in [1.807, 2.05) is 0 Å². The third-order valence-corrected chi connectivity index (χ3v) is 1.34. The van der Waals surface area contributed by atoms with Crippen molar-refractivity contribution in [1.82, 2.24) is 4.90 Å². The van der Waals surface area contributed by atoms with E-state index >= 15 is 0 Å². The third kappa shape index (κ3) is 11.9. The Bertz CT molecular complexity index is 45.5. The molecule has 0 aliphatic heterocycles. The summed E-state index contributed by atoms with van der Waals surface area (Å²) in [7, 11) is 9.90. The summed E-state index contributed by atoms with van der Waals surface area (Å²) in [5.41, 5.74) is 0. The first-order chi connectivity index (χ1) is 4.76. The molecule has 0 aromatic carbocycles. The molecule has 0 aromatic rings. The van der Waals surface area contributed by atoms with Gasteiger partial charge in [0.15, 0.2) is 0 Å². The second-order valence-electron chi connectivity index (χ2n) is 1.72. The SMILES string of the molecule is CCN(CC)CC.[Cl][Zn][Cl]. The van der Waals surface area contributed by atoms with E-state index in [2.05, 4.69) is 25.7 Å². The van der Waals surface area contributed by atoms with E-state index in [1.54, 1.807) is 0 Å².